The van der Waals surface area contributed by atoms with Gasteiger partial charge in [0.05, 0.1) is 41.1 Å². The highest BCUT2D eigenvalue weighted by molar-refractivity contribution is 8.04. The van der Waals surface area contributed by atoms with Crippen LogP contribution in [0.4, 0.5) is 0 Å². The molecule has 9 heteroatoms. The highest BCUT2D eigenvalue weighted by atomic mass is 35.5. The second kappa shape index (κ2) is 7.89. The van der Waals surface area contributed by atoms with Crippen molar-refractivity contribution in [2.45, 2.75) is 25.0 Å². The number of carbonyl (C=O) groups excluding carboxylic acids is 3. The Morgan fingerprint density at radius 2 is 1.86 bits per heavy atom. The van der Waals surface area contributed by atoms with Crippen LogP contribution in [0.3, 0.4) is 0 Å². The number of nitrogens with zero attached hydrogens (tertiary/aromatic N) is 1. The van der Waals surface area contributed by atoms with Crippen molar-refractivity contribution in [3.63, 3.8) is 0 Å². The van der Waals surface area contributed by atoms with Crippen LogP contribution in [0.1, 0.15) is 25.3 Å². The molecule has 0 saturated carbocycles. The summed E-state index contributed by atoms with van der Waals surface area (Å²) in [5.41, 5.74) is 7.05. The summed E-state index contributed by atoms with van der Waals surface area (Å²) in [5, 5.41) is 0.420. The summed E-state index contributed by atoms with van der Waals surface area (Å²) in [7, 11) is 1.22. The monoisotopic (exact) mass is 422 g/mol. The first-order chi connectivity index (χ1) is 13.3. The third-order valence-electron chi connectivity index (χ3n) is 4.49. The maximum absolute atomic E-state index is 12.9. The molecule has 2 aliphatic rings. The third-order valence-corrected chi connectivity index (χ3v) is 5.92. The lowest BCUT2D eigenvalue weighted by molar-refractivity contribution is -0.139. The van der Waals surface area contributed by atoms with Crippen molar-refractivity contribution >= 4 is 41.2 Å². The molecular weight excluding hydrogens is 404 g/mol. The molecule has 0 aromatic heterocycles. The lowest BCUT2D eigenvalue weighted by Crippen LogP contribution is -2.40. The van der Waals surface area contributed by atoms with Crippen molar-refractivity contribution in [2.24, 2.45) is 5.73 Å². The summed E-state index contributed by atoms with van der Waals surface area (Å²) in [6.07, 6.45) is 0. The van der Waals surface area contributed by atoms with Gasteiger partial charge in [0.25, 0.3) is 0 Å². The Bertz CT molecular complexity index is 909. The lowest BCUT2D eigenvalue weighted by Gasteiger charge is -2.33. The van der Waals surface area contributed by atoms with E-state index in [1.807, 2.05) is 0 Å². The molecule has 3 rings (SSSR count). The summed E-state index contributed by atoms with van der Waals surface area (Å²) >= 11 is 7.20. The van der Waals surface area contributed by atoms with Gasteiger partial charge in [-0.2, -0.15) is 0 Å². The zero-order chi connectivity index (χ0) is 20.6. The number of esters is 2. The van der Waals surface area contributed by atoms with Gasteiger partial charge in [0.1, 0.15) is 5.82 Å². The number of methoxy groups -OCH3 is 1. The van der Waals surface area contributed by atoms with E-state index in [2.05, 4.69) is 0 Å². The smallest absolute Gasteiger partial charge is 0.338 e. The quantitative estimate of drug-likeness (QED) is 0.744. The van der Waals surface area contributed by atoms with E-state index in [-0.39, 0.29) is 29.5 Å². The minimum atomic E-state index is -0.847. The fourth-order valence-corrected chi connectivity index (χ4v) is 4.52. The Kier molecular flexibility index (Phi) is 5.71. The molecule has 1 saturated heterocycles. The predicted molar refractivity (Wildman–Crippen MR) is 105 cm³/mol. The van der Waals surface area contributed by atoms with Gasteiger partial charge in [0, 0.05) is 5.02 Å². The van der Waals surface area contributed by atoms with Crippen molar-refractivity contribution in [3.05, 3.63) is 56.8 Å². The Morgan fingerprint density at radius 1 is 1.21 bits per heavy atom. The normalized spacial score (nSPS) is 21.7. The molecular formula is C19H19ClN2O5S. The summed E-state index contributed by atoms with van der Waals surface area (Å²) in [6.45, 7) is 3.54. The van der Waals surface area contributed by atoms with Gasteiger partial charge in [-0.3, -0.25) is 9.69 Å². The topological polar surface area (TPSA) is 98.9 Å². The van der Waals surface area contributed by atoms with Gasteiger partial charge >= 0.3 is 11.9 Å². The lowest BCUT2D eigenvalue weighted by atomic mass is 9.82. The second-order valence-corrected chi connectivity index (χ2v) is 7.91. The van der Waals surface area contributed by atoms with Gasteiger partial charge in [-0.05, 0) is 31.5 Å². The summed E-state index contributed by atoms with van der Waals surface area (Å²) in [4.78, 5) is 39.4. The van der Waals surface area contributed by atoms with Gasteiger partial charge < -0.3 is 15.2 Å². The van der Waals surface area contributed by atoms with Gasteiger partial charge in [-0.15, -0.1) is 0 Å². The molecule has 0 aliphatic carbocycles. The summed E-state index contributed by atoms with van der Waals surface area (Å²) in [5.74, 6) is -2.55. The third kappa shape index (κ3) is 3.27. The SMILES string of the molecule is CCOC(=O)C1=C2S[C@H](C)C(=O)N2C(N)=C(C(=O)OC)[C@@H]1c1ccc(Cl)cc1. The van der Waals surface area contributed by atoms with E-state index >= 15 is 0 Å². The van der Waals surface area contributed by atoms with E-state index in [1.165, 1.54) is 23.8 Å². The first-order valence-electron chi connectivity index (χ1n) is 8.57. The Labute approximate surface area is 171 Å². The Morgan fingerprint density at radius 3 is 2.43 bits per heavy atom. The van der Waals surface area contributed by atoms with E-state index in [4.69, 9.17) is 26.8 Å². The molecule has 1 aromatic carbocycles. The minimum Gasteiger partial charge on any atom is -0.466 e. The van der Waals surface area contributed by atoms with E-state index in [0.717, 1.165) is 0 Å². The fraction of sp³-hybridized carbons (Fsp3) is 0.316. The molecule has 2 heterocycles. The zero-order valence-electron chi connectivity index (χ0n) is 15.5. The van der Waals surface area contributed by atoms with Crippen LogP contribution < -0.4 is 5.73 Å². The number of thioether (sulfide) groups is 1. The average Bonchev–Trinajstić information content (AvgIpc) is 2.96. The molecule has 7 nitrogen and oxygen atoms in total. The van der Waals surface area contributed by atoms with Gasteiger partial charge in [-0.25, -0.2) is 9.59 Å². The first-order valence-corrected chi connectivity index (χ1v) is 9.82. The highest BCUT2D eigenvalue weighted by Gasteiger charge is 2.48. The Balaban J connectivity index is 2.30. The molecule has 1 amide bonds. The molecule has 0 unspecified atom stereocenters. The number of ether oxygens (including phenoxy) is 2. The van der Waals surface area contributed by atoms with Crippen LogP contribution in [-0.2, 0) is 23.9 Å². The number of nitrogens with two attached hydrogens (primary N) is 1. The molecule has 28 heavy (non-hydrogen) atoms. The minimum absolute atomic E-state index is 0.0136. The fourth-order valence-electron chi connectivity index (χ4n) is 3.24. The molecule has 148 valence electrons. The van der Waals surface area contributed by atoms with Crippen LogP contribution in [-0.4, -0.2) is 41.7 Å². The number of benzene rings is 1. The molecule has 0 bridgehead atoms. The van der Waals surface area contributed by atoms with Crippen molar-refractivity contribution in [1.82, 2.24) is 4.90 Å². The van der Waals surface area contributed by atoms with Gasteiger partial charge in [0.15, 0.2) is 0 Å². The van der Waals surface area contributed by atoms with Crippen LogP contribution >= 0.6 is 23.4 Å². The van der Waals surface area contributed by atoms with Crippen molar-refractivity contribution in [3.8, 4) is 0 Å². The van der Waals surface area contributed by atoms with Crippen LogP contribution in [0.25, 0.3) is 0 Å². The van der Waals surface area contributed by atoms with Crippen LogP contribution in [0, 0.1) is 0 Å². The number of halogens is 1. The van der Waals surface area contributed by atoms with E-state index in [1.54, 1.807) is 38.1 Å². The number of fused-ring (bicyclic) bond motifs is 1. The van der Waals surface area contributed by atoms with Crippen LogP contribution in [0.5, 0.6) is 0 Å². The molecule has 2 aliphatic heterocycles. The molecule has 0 spiro atoms. The molecule has 0 radical (unpaired) electrons. The van der Waals surface area contributed by atoms with Crippen molar-refractivity contribution in [1.29, 1.82) is 0 Å². The van der Waals surface area contributed by atoms with Crippen LogP contribution in [0.15, 0.2) is 46.3 Å². The number of carbonyl (C=O) groups is 3. The Hall–Kier alpha value is -2.45. The molecule has 2 atom stereocenters. The van der Waals surface area contributed by atoms with E-state index < -0.39 is 23.1 Å². The number of hydrogen-bond donors (Lipinski definition) is 1. The van der Waals surface area contributed by atoms with Gasteiger partial charge in [0.2, 0.25) is 5.91 Å². The zero-order valence-corrected chi connectivity index (χ0v) is 17.1. The van der Waals surface area contributed by atoms with Crippen molar-refractivity contribution < 1.29 is 23.9 Å². The second-order valence-electron chi connectivity index (χ2n) is 6.15. The van der Waals surface area contributed by atoms with Crippen LogP contribution in [0.2, 0.25) is 5.02 Å². The maximum atomic E-state index is 12.9. The number of hydrogen-bond acceptors (Lipinski definition) is 7. The molecule has 2 N–H and O–H groups in total. The van der Waals surface area contributed by atoms with Crippen molar-refractivity contribution in [2.75, 3.05) is 13.7 Å². The highest BCUT2D eigenvalue weighted by Crippen LogP contribution is 2.49. The summed E-state index contributed by atoms with van der Waals surface area (Å²) < 4.78 is 10.2. The first kappa shape index (κ1) is 20.3. The van der Waals surface area contributed by atoms with Gasteiger partial charge in [-0.1, -0.05) is 35.5 Å². The van der Waals surface area contributed by atoms with E-state index in [9.17, 15) is 14.4 Å². The maximum Gasteiger partial charge on any atom is 0.338 e. The standard InChI is InChI=1S/C19H19ClN2O5S/c1-4-27-19(25)14-12(10-5-7-11(20)8-6-10)13(18(24)26-3)15(21)22-16(23)9(2)28-17(14)22/h5-9,12H,4,21H2,1-3H3/t9-,12+/m1/s1. The number of amides is 1. The summed E-state index contributed by atoms with van der Waals surface area (Å²) in [6, 6.07) is 6.70. The molecule has 1 fully saturated rings. The molecule has 1 aromatic rings. The average molecular weight is 423 g/mol. The number of rotatable bonds is 4. The largest absolute Gasteiger partial charge is 0.466 e. The van der Waals surface area contributed by atoms with E-state index in [0.29, 0.717) is 15.6 Å². The predicted octanol–water partition coefficient (Wildman–Crippen LogP) is 2.52.